The number of H-pyrrole nitrogens is 1. The van der Waals surface area contributed by atoms with Crippen LogP contribution >= 0.6 is 0 Å². The van der Waals surface area contributed by atoms with E-state index in [1.165, 1.54) is 12.8 Å². The quantitative estimate of drug-likeness (QED) is 0.182. The van der Waals surface area contributed by atoms with Crippen LogP contribution in [0.15, 0.2) is 24.3 Å². The summed E-state index contributed by atoms with van der Waals surface area (Å²) in [5.74, 6) is 1.01. The molecular formula is C27H38N4O3. The Bertz CT molecular complexity index is 1160. The molecule has 5 N–H and O–H groups in total. The number of benzene rings is 2. The first-order valence-corrected chi connectivity index (χ1v) is 12.3. The van der Waals surface area contributed by atoms with Crippen molar-refractivity contribution in [2.45, 2.75) is 66.7 Å². The van der Waals surface area contributed by atoms with Crippen molar-refractivity contribution in [2.75, 3.05) is 11.9 Å². The van der Waals surface area contributed by atoms with Crippen molar-refractivity contribution in [3.8, 4) is 5.75 Å². The molecule has 34 heavy (non-hydrogen) atoms. The van der Waals surface area contributed by atoms with Crippen LogP contribution in [-0.4, -0.2) is 28.7 Å². The van der Waals surface area contributed by atoms with Crippen molar-refractivity contribution in [3.05, 3.63) is 35.4 Å². The highest BCUT2D eigenvalue weighted by Gasteiger charge is 2.22. The molecule has 0 spiro atoms. The number of unbranched alkanes of at least 4 members (excludes halogenated alkanes) is 2. The average Bonchev–Trinajstić information content (AvgIpc) is 3.16. The lowest BCUT2D eigenvalue weighted by Gasteiger charge is -2.16. The van der Waals surface area contributed by atoms with Gasteiger partial charge in [-0.25, -0.2) is 9.59 Å². The van der Waals surface area contributed by atoms with Gasteiger partial charge in [-0.1, -0.05) is 65.2 Å². The molecule has 0 fully saturated rings. The molecule has 4 amide bonds. The molecule has 0 radical (unpaired) electrons. The largest absolute Gasteiger partial charge is 0.505 e. The fraction of sp³-hybridized carbons (Fsp3) is 0.481. The minimum absolute atomic E-state index is 0.0344. The molecular weight excluding hydrogens is 428 g/mol. The predicted octanol–water partition coefficient (Wildman–Crippen LogP) is 6.58. The number of phenolic OH excluding ortho intramolecular Hbond substituents is 1. The van der Waals surface area contributed by atoms with E-state index in [-0.39, 0.29) is 11.7 Å². The van der Waals surface area contributed by atoms with Gasteiger partial charge in [-0.15, -0.1) is 0 Å². The van der Waals surface area contributed by atoms with Gasteiger partial charge in [-0.3, -0.25) is 5.32 Å². The van der Waals surface area contributed by atoms with Crippen molar-refractivity contribution >= 4 is 39.6 Å². The second-order valence-electron chi connectivity index (χ2n) is 9.92. The van der Waals surface area contributed by atoms with E-state index >= 15 is 0 Å². The number of imide groups is 1. The summed E-state index contributed by atoms with van der Waals surface area (Å²) in [5, 5.41) is 20.5. The second-order valence-corrected chi connectivity index (χ2v) is 9.92. The average molecular weight is 467 g/mol. The van der Waals surface area contributed by atoms with Crippen LogP contribution in [-0.2, 0) is 6.42 Å². The third kappa shape index (κ3) is 6.01. The number of aromatic nitrogens is 1. The van der Waals surface area contributed by atoms with E-state index in [4.69, 9.17) is 0 Å². The van der Waals surface area contributed by atoms with Gasteiger partial charge in [-0.2, -0.15) is 0 Å². The number of anilines is 1. The number of phenols is 1. The number of carbonyl (C=O) groups excluding carboxylic acids is 2. The van der Waals surface area contributed by atoms with Gasteiger partial charge in [0.2, 0.25) is 0 Å². The number of nitrogens with one attached hydrogen (secondary N) is 4. The highest BCUT2D eigenvalue weighted by Crippen LogP contribution is 2.43. The summed E-state index contributed by atoms with van der Waals surface area (Å²) in [7, 11) is 0. The number of hydrogen-bond donors (Lipinski definition) is 5. The summed E-state index contributed by atoms with van der Waals surface area (Å²) in [6, 6.07) is 6.57. The van der Waals surface area contributed by atoms with Gasteiger partial charge in [0.1, 0.15) is 5.75 Å². The predicted molar refractivity (Wildman–Crippen MR) is 140 cm³/mol. The van der Waals surface area contributed by atoms with Crippen LogP contribution in [0.4, 0.5) is 15.3 Å². The molecule has 2 aromatic carbocycles. The number of fused-ring (bicyclic) bond motifs is 3. The van der Waals surface area contributed by atoms with E-state index in [0.29, 0.717) is 18.2 Å². The number of aromatic hydroxyl groups is 1. The smallest absolute Gasteiger partial charge is 0.327 e. The lowest BCUT2D eigenvalue weighted by atomic mass is 9.95. The number of aromatic amines is 1. The molecule has 1 aromatic heterocycles. The minimum Gasteiger partial charge on any atom is -0.505 e. The molecule has 0 saturated heterocycles. The Morgan fingerprint density at radius 3 is 2.44 bits per heavy atom. The molecule has 1 heterocycles. The van der Waals surface area contributed by atoms with Crippen LogP contribution in [0.2, 0.25) is 0 Å². The van der Waals surface area contributed by atoms with E-state index in [9.17, 15) is 14.7 Å². The first-order valence-electron chi connectivity index (χ1n) is 12.3. The van der Waals surface area contributed by atoms with Crippen LogP contribution in [0.3, 0.4) is 0 Å². The Labute approximate surface area is 201 Å². The highest BCUT2D eigenvalue weighted by molar-refractivity contribution is 6.19. The fourth-order valence-corrected chi connectivity index (χ4v) is 4.32. The Morgan fingerprint density at radius 2 is 1.74 bits per heavy atom. The standard InChI is InChI=1S/C27H38N4O3/c1-16(2)11-7-6-8-12-19-18(5)25(32)24(30-27(34)31-26(33)28-15-17(3)4)22-20-13-9-10-14-21(20)29-23(19)22/h9-10,13-14,16-17,29,32H,6-8,11-12,15H2,1-5H3,(H3,28,30,31,33,34). The number of para-hydroxylation sites is 1. The van der Waals surface area contributed by atoms with E-state index < -0.39 is 12.1 Å². The molecule has 0 saturated carbocycles. The van der Waals surface area contributed by atoms with Gasteiger partial charge in [0, 0.05) is 22.8 Å². The first-order chi connectivity index (χ1) is 16.2. The van der Waals surface area contributed by atoms with E-state index in [1.807, 2.05) is 45.0 Å². The molecule has 0 bridgehead atoms. The van der Waals surface area contributed by atoms with Gasteiger partial charge >= 0.3 is 12.1 Å². The Hall–Kier alpha value is -3.22. The van der Waals surface area contributed by atoms with Crippen LogP contribution in [0, 0.1) is 18.8 Å². The third-order valence-corrected chi connectivity index (χ3v) is 6.15. The molecule has 0 aliphatic heterocycles. The summed E-state index contributed by atoms with van der Waals surface area (Å²) in [5.41, 5.74) is 3.96. The normalized spacial score (nSPS) is 11.5. The second kappa shape index (κ2) is 11.3. The van der Waals surface area contributed by atoms with E-state index in [2.05, 4.69) is 34.8 Å². The van der Waals surface area contributed by atoms with E-state index in [0.717, 1.165) is 52.2 Å². The van der Waals surface area contributed by atoms with Crippen molar-refractivity contribution in [1.29, 1.82) is 0 Å². The molecule has 0 aliphatic rings. The van der Waals surface area contributed by atoms with Gasteiger partial charge < -0.3 is 20.7 Å². The van der Waals surface area contributed by atoms with Crippen molar-refractivity contribution < 1.29 is 14.7 Å². The SMILES string of the molecule is Cc1c(O)c(NC(=O)NC(=O)NCC(C)C)c2c([nH]c3ccccc32)c1CCCCCC(C)C. The van der Waals surface area contributed by atoms with Crippen LogP contribution in [0.25, 0.3) is 21.8 Å². The van der Waals surface area contributed by atoms with Gasteiger partial charge in [0.15, 0.2) is 0 Å². The zero-order valence-corrected chi connectivity index (χ0v) is 21.0. The molecule has 184 valence electrons. The third-order valence-electron chi connectivity index (χ3n) is 6.15. The van der Waals surface area contributed by atoms with E-state index in [1.54, 1.807) is 0 Å². The molecule has 0 aliphatic carbocycles. The summed E-state index contributed by atoms with van der Waals surface area (Å²) in [6.07, 6.45) is 5.41. The lowest BCUT2D eigenvalue weighted by Crippen LogP contribution is -2.42. The molecule has 7 nitrogen and oxygen atoms in total. The van der Waals surface area contributed by atoms with Crippen molar-refractivity contribution in [1.82, 2.24) is 15.6 Å². The summed E-state index contributed by atoms with van der Waals surface area (Å²) < 4.78 is 0. The zero-order chi connectivity index (χ0) is 24.8. The molecule has 0 unspecified atom stereocenters. The molecule has 3 rings (SSSR count). The van der Waals surface area contributed by atoms with Crippen LogP contribution < -0.4 is 16.0 Å². The maximum Gasteiger partial charge on any atom is 0.327 e. The molecule has 0 atom stereocenters. The van der Waals surface area contributed by atoms with Crippen molar-refractivity contribution in [3.63, 3.8) is 0 Å². The topological polar surface area (TPSA) is 106 Å². The number of amides is 4. The minimum atomic E-state index is -0.691. The highest BCUT2D eigenvalue weighted by atomic mass is 16.3. The lowest BCUT2D eigenvalue weighted by molar-refractivity contribution is 0.232. The molecule has 3 aromatic rings. The zero-order valence-electron chi connectivity index (χ0n) is 21.0. The Morgan fingerprint density at radius 1 is 1.00 bits per heavy atom. The van der Waals surface area contributed by atoms with Gasteiger partial charge in [0.25, 0.3) is 0 Å². The summed E-state index contributed by atoms with van der Waals surface area (Å²) >= 11 is 0. The Kier molecular flexibility index (Phi) is 8.42. The van der Waals surface area contributed by atoms with Gasteiger partial charge in [0.05, 0.1) is 11.2 Å². The summed E-state index contributed by atoms with van der Waals surface area (Å²) in [6.45, 7) is 10.8. The van der Waals surface area contributed by atoms with Crippen LogP contribution in [0.1, 0.15) is 64.5 Å². The number of hydrogen-bond acceptors (Lipinski definition) is 3. The summed E-state index contributed by atoms with van der Waals surface area (Å²) in [4.78, 5) is 28.2. The number of carbonyl (C=O) groups is 2. The maximum atomic E-state index is 12.6. The Balaban J connectivity index is 1.92. The maximum absolute atomic E-state index is 12.6. The van der Waals surface area contributed by atoms with Gasteiger partial charge in [-0.05, 0) is 48.8 Å². The first kappa shape index (κ1) is 25.4. The fourth-order valence-electron chi connectivity index (χ4n) is 4.32. The molecule has 7 heteroatoms. The number of aryl methyl sites for hydroxylation is 1. The van der Waals surface area contributed by atoms with Crippen LogP contribution in [0.5, 0.6) is 5.75 Å². The monoisotopic (exact) mass is 466 g/mol. The number of urea groups is 2. The number of rotatable bonds is 9. The van der Waals surface area contributed by atoms with Crippen molar-refractivity contribution in [2.24, 2.45) is 11.8 Å².